The minimum Gasteiger partial charge on any atom is -0.504 e. The molecule has 1 aromatic rings. The molecule has 1 aliphatic heterocycles. The van der Waals surface area contributed by atoms with Crippen molar-refractivity contribution < 1.29 is 14.6 Å². The summed E-state index contributed by atoms with van der Waals surface area (Å²) in [5, 5.41) is 22.4. The van der Waals surface area contributed by atoms with E-state index in [0.29, 0.717) is 23.0 Å². The predicted molar refractivity (Wildman–Crippen MR) is 80.9 cm³/mol. The summed E-state index contributed by atoms with van der Waals surface area (Å²) in [5.74, 6) is -0.0159. The third kappa shape index (κ3) is 3.14. The van der Waals surface area contributed by atoms with E-state index in [9.17, 15) is 15.2 Å². The highest BCUT2D eigenvalue weighted by Gasteiger charge is 2.29. The second-order valence-electron chi connectivity index (χ2n) is 4.52. The number of carbonyl (C=O) groups is 1. The van der Waals surface area contributed by atoms with Crippen molar-refractivity contribution in [3.05, 3.63) is 34.4 Å². The highest BCUT2D eigenvalue weighted by atomic mass is 32.2. The van der Waals surface area contributed by atoms with Gasteiger partial charge in [-0.3, -0.25) is 4.79 Å². The molecule has 1 atom stereocenters. The molecule has 0 saturated carbocycles. The number of hydrogen-bond acceptors (Lipinski definition) is 5. The topological polar surface area (TPSA) is 82.3 Å². The van der Waals surface area contributed by atoms with E-state index in [1.807, 2.05) is 13.2 Å². The first-order chi connectivity index (χ1) is 10.1. The quantitative estimate of drug-likeness (QED) is 0.893. The number of amides is 1. The fourth-order valence-corrected chi connectivity index (χ4v) is 2.91. The van der Waals surface area contributed by atoms with Crippen LogP contribution in [0.15, 0.2) is 28.8 Å². The predicted octanol–water partition coefficient (Wildman–Crippen LogP) is 2.49. The van der Waals surface area contributed by atoms with Crippen LogP contribution in [0.25, 0.3) is 0 Å². The van der Waals surface area contributed by atoms with E-state index in [4.69, 9.17) is 4.74 Å². The molecule has 0 spiro atoms. The van der Waals surface area contributed by atoms with Gasteiger partial charge in [-0.15, -0.1) is 11.8 Å². The summed E-state index contributed by atoms with van der Waals surface area (Å²) in [5.41, 5.74) is 1.32. The zero-order chi connectivity index (χ0) is 15.4. The van der Waals surface area contributed by atoms with E-state index in [1.165, 1.54) is 17.8 Å². The van der Waals surface area contributed by atoms with Gasteiger partial charge in [-0.2, -0.15) is 5.26 Å². The fourth-order valence-electron chi connectivity index (χ4n) is 2.28. The van der Waals surface area contributed by atoms with Crippen molar-refractivity contribution in [3.8, 4) is 17.6 Å². The summed E-state index contributed by atoms with van der Waals surface area (Å²) in [6.45, 7) is 2.26. The number of rotatable bonds is 4. The molecule has 1 aromatic carbocycles. The molecule has 6 heteroatoms. The van der Waals surface area contributed by atoms with Gasteiger partial charge in [-0.05, 0) is 30.9 Å². The molecule has 0 fully saturated rings. The molecule has 0 bridgehead atoms. The molecule has 0 aromatic heterocycles. The first-order valence-corrected chi connectivity index (χ1v) is 7.77. The molecule has 5 nitrogen and oxygen atoms in total. The molecular weight excluding hydrogens is 288 g/mol. The minimum absolute atomic E-state index is 0.0495. The molecule has 1 heterocycles. The lowest BCUT2D eigenvalue weighted by Gasteiger charge is -2.24. The van der Waals surface area contributed by atoms with Gasteiger partial charge in [0.1, 0.15) is 0 Å². The fraction of sp³-hybridized carbons (Fsp3) is 0.333. The first-order valence-electron chi connectivity index (χ1n) is 6.54. The Morgan fingerprint density at radius 1 is 1.57 bits per heavy atom. The molecule has 1 amide bonds. The lowest BCUT2D eigenvalue weighted by Crippen LogP contribution is -2.30. The summed E-state index contributed by atoms with van der Waals surface area (Å²) >= 11 is 1.34. The molecule has 0 radical (unpaired) electrons. The van der Waals surface area contributed by atoms with Gasteiger partial charge in [0.15, 0.2) is 11.5 Å². The van der Waals surface area contributed by atoms with Crippen molar-refractivity contribution in [2.45, 2.75) is 19.3 Å². The van der Waals surface area contributed by atoms with Crippen LogP contribution in [0.3, 0.4) is 0 Å². The molecule has 2 rings (SSSR count). The maximum atomic E-state index is 11.8. The van der Waals surface area contributed by atoms with Gasteiger partial charge in [0, 0.05) is 12.3 Å². The van der Waals surface area contributed by atoms with Gasteiger partial charge >= 0.3 is 0 Å². The van der Waals surface area contributed by atoms with Gasteiger partial charge in [0.2, 0.25) is 5.91 Å². The average molecular weight is 304 g/mol. The summed E-state index contributed by atoms with van der Waals surface area (Å²) < 4.78 is 5.36. The molecule has 110 valence electrons. The summed E-state index contributed by atoms with van der Waals surface area (Å²) in [7, 11) is 0. The highest BCUT2D eigenvalue weighted by Crippen LogP contribution is 2.38. The Morgan fingerprint density at radius 2 is 2.33 bits per heavy atom. The number of nitrogens with zero attached hydrogens (tertiary/aromatic N) is 1. The number of nitriles is 1. The molecular formula is C15H16N2O3S. The SMILES string of the molecule is CCOc1cc([C@H]2CC(=O)NC(SC)=C2C#N)ccc1O. The van der Waals surface area contributed by atoms with Crippen molar-refractivity contribution in [2.75, 3.05) is 12.9 Å². The van der Waals surface area contributed by atoms with Crippen LogP contribution in [0.1, 0.15) is 24.8 Å². The van der Waals surface area contributed by atoms with Crippen molar-refractivity contribution in [3.63, 3.8) is 0 Å². The zero-order valence-electron chi connectivity index (χ0n) is 11.8. The Hall–Kier alpha value is -2.13. The van der Waals surface area contributed by atoms with E-state index < -0.39 is 0 Å². The number of carbonyl (C=O) groups excluding carboxylic acids is 1. The Bertz CT molecular complexity index is 634. The third-order valence-corrected chi connectivity index (χ3v) is 3.98. The van der Waals surface area contributed by atoms with E-state index in [-0.39, 0.29) is 24.0 Å². The molecule has 1 aliphatic rings. The summed E-state index contributed by atoms with van der Waals surface area (Å²) in [6.07, 6.45) is 2.03. The van der Waals surface area contributed by atoms with E-state index in [1.54, 1.807) is 12.1 Å². The van der Waals surface area contributed by atoms with Gasteiger partial charge in [0.05, 0.1) is 23.3 Å². The van der Waals surface area contributed by atoms with Crippen LogP contribution >= 0.6 is 11.8 Å². The lowest BCUT2D eigenvalue weighted by atomic mass is 9.87. The smallest absolute Gasteiger partial charge is 0.225 e. The van der Waals surface area contributed by atoms with Crippen molar-refractivity contribution in [1.29, 1.82) is 5.26 Å². The first kappa shape index (κ1) is 15.3. The van der Waals surface area contributed by atoms with E-state index in [0.717, 1.165) is 5.56 Å². The standard InChI is InChI=1S/C15H16N2O3S/c1-3-20-13-6-9(4-5-12(13)18)10-7-14(19)17-15(21-2)11(10)8-16/h4-6,10,18H,3,7H2,1-2H3,(H,17,19)/t10-/m1/s1. The van der Waals surface area contributed by atoms with Gasteiger partial charge in [-0.1, -0.05) is 6.07 Å². The largest absolute Gasteiger partial charge is 0.504 e. The number of thioether (sulfide) groups is 1. The van der Waals surface area contributed by atoms with Crippen LogP contribution in [0.5, 0.6) is 11.5 Å². The minimum atomic E-state index is -0.314. The Morgan fingerprint density at radius 3 is 2.95 bits per heavy atom. The van der Waals surface area contributed by atoms with Crippen molar-refractivity contribution in [1.82, 2.24) is 5.32 Å². The molecule has 2 N–H and O–H groups in total. The summed E-state index contributed by atoms with van der Waals surface area (Å²) in [4.78, 5) is 11.8. The van der Waals surface area contributed by atoms with E-state index >= 15 is 0 Å². The number of nitrogens with one attached hydrogen (secondary N) is 1. The molecule has 0 unspecified atom stereocenters. The highest BCUT2D eigenvalue weighted by molar-refractivity contribution is 8.02. The normalized spacial score (nSPS) is 18.1. The summed E-state index contributed by atoms with van der Waals surface area (Å²) in [6, 6.07) is 7.12. The molecule has 21 heavy (non-hydrogen) atoms. The van der Waals surface area contributed by atoms with Gasteiger partial charge < -0.3 is 15.2 Å². The number of ether oxygens (including phenoxy) is 1. The van der Waals surface area contributed by atoms with Crippen LogP contribution in [-0.4, -0.2) is 23.9 Å². The van der Waals surface area contributed by atoms with Gasteiger partial charge in [0.25, 0.3) is 0 Å². The number of phenols is 1. The van der Waals surface area contributed by atoms with Gasteiger partial charge in [-0.25, -0.2) is 0 Å². The monoisotopic (exact) mass is 304 g/mol. The number of allylic oxidation sites excluding steroid dienone is 1. The average Bonchev–Trinajstić information content (AvgIpc) is 2.48. The number of aromatic hydroxyl groups is 1. The number of benzene rings is 1. The number of hydrogen-bond donors (Lipinski definition) is 2. The van der Waals surface area contributed by atoms with Crippen LogP contribution < -0.4 is 10.1 Å². The second-order valence-corrected chi connectivity index (χ2v) is 5.34. The van der Waals surface area contributed by atoms with Crippen LogP contribution in [0.4, 0.5) is 0 Å². The molecule has 0 saturated heterocycles. The van der Waals surface area contributed by atoms with Crippen LogP contribution in [-0.2, 0) is 4.79 Å². The van der Waals surface area contributed by atoms with E-state index in [2.05, 4.69) is 11.4 Å². The van der Waals surface area contributed by atoms with Crippen molar-refractivity contribution >= 4 is 17.7 Å². The Kier molecular flexibility index (Phi) is 4.76. The second kappa shape index (κ2) is 6.55. The maximum absolute atomic E-state index is 11.8. The van der Waals surface area contributed by atoms with Crippen molar-refractivity contribution in [2.24, 2.45) is 0 Å². The lowest BCUT2D eigenvalue weighted by molar-refractivity contribution is -0.120. The molecule has 0 aliphatic carbocycles. The Labute approximate surface area is 127 Å². The van der Waals surface area contributed by atoms with Crippen LogP contribution in [0.2, 0.25) is 0 Å². The third-order valence-electron chi connectivity index (χ3n) is 3.25. The van der Waals surface area contributed by atoms with Crippen LogP contribution in [0, 0.1) is 11.3 Å². The zero-order valence-corrected chi connectivity index (χ0v) is 12.7. The number of phenolic OH excluding ortho intramolecular Hbond substituents is 1. The Balaban J connectivity index is 2.46. The maximum Gasteiger partial charge on any atom is 0.225 e.